The molecule has 0 radical (unpaired) electrons. The van der Waals surface area contributed by atoms with E-state index in [4.69, 9.17) is 0 Å². The second-order valence-corrected chi connectivity index (χ2v) is 6.22. The number of H-pyrrole nitrogens is 1. The van der Waals surface area contributed by atoms with Crippen LogP contribution in [0, 0.1) is 11.6 Å². The third-order valence-electron chi connectivity index (χ3n) is 4.26. The lowest BCUT2D eigenvalue weighted by atomic mass is 10.1. The molecule has 1 aromatic carbocycles. The van der Waals surface area contributed by atoms with Gasteiger partial charge in [0, 0.05) is 57.3 Å². The quantitative estimate of drug-likeness (QED) is 0.929. The van der Waals surface area contributed by atoms with Crippen LogP contribution in [0.4, 0.5) is 14.7 Å². The molecule has 0 saturated heterocycles. The van der Waals surface area contributed by atoms with E-state index in [0.717, 1.165) is 11.8 Å². The number of benzene rings is 1. The van der Waals surface area contributed by atoms with Crippen LogP contribution in [0.3, 0.4) is 0 Å². The summed E-state index contributed by atoms with van der Waals surface area (Å²) in [5.41, 5.74) is 1.84. The van der Waals surface area contributed by atoms with Crippen molar-refractivity contribution in [1.82, 2.24) is 14.9 Å². The molecule has 2 heterocycles. The van der Waals surface area contributed by atoms with E-state index in [9.17, 15) is 13.6 Å². The number of fused-ring (bicyclic) bond motifs is 1. The fraction of sp³-hybridized carbons (Fsp3) is 0.412. The molecular weight excluding hydrogens is 314 g/mol. The molecule has 7 heteroatoms. The lowest BCUT2D eigenvalue weighted by molar-refractivity contribution is 0.274. The summed E-state index contributed by atoms with van der Waals surface area (Å²) in [4.78, 5) is 23.4. The summed E-state index contributed by atoms with van der Waals surface area (Å²) in [6.45, 7) is 1.70. The van der Waals surface area contributed by atoms with E-state index in [-0.39, 0.29) is 5.56 Å². The van der Waals surface area contributed by atoms with Gasteiger partial charge in [0.1, 0.15) is 11.6 Å². The van der Waals surface area contributed by atoms with Gasteiger partial charge in [0.15, 0.2) is 0 Å². The number of nitrogens with zero attached hydrogens (tertiary/aromatic N) is 3. The van der Waals surface area contributed by atoms with Gasteiger partial charge in [-0.05, 0) is 12.5 Å². The van der Waals surface area contributed by atoms with Gasteiger partial charge >= 0.3 is 0 Å². The van der Waals surface area contributed by atoms with E-state index in [2.05, 4.69) is 14.9 Å². The van der Waals surface area contributed by atoms with Crippen LogP contribution in [0.25, 0.3) is 0 Å². The van der Waals surface area contributed by atoms with Crippen LogP contribution in [-0.4, -0.2) is 42.1 Å². The highest BCUT2D eigenvalue weighted by molar-refractivity contribution is 5.32. The molecule has 1 N–H and O–H groups in total. The average molecular weight is 334 g/mol. The van der Waals surface area contributed by atoms with E-state index < -0.39 is 11.6 Å². The van der Waals surface area contributed by atoms with E-state index in [1.54, 1.807) is 4.90 Å². The molecule has 0 atom stereocenters. The summed E-state index contributed by atoms with van der Waals surface area (Å²) < 4.78 is 26.8. The van der Waals surface area contributed by atoms with Crippen molar-refractivity contribution in [3.8, 4) is 0 Å². The van der Waals surface area contributed by atoms with E-state index in [0.29, 0.717) is 49.6 Å². The summed E-state index contributed by atoms with van der Waals surface area (Å²) in [7, 11) is 3.65. The van der Waals surface area contributed by atoms with Crippen LogP contribution in [0.1, 0.15) is 16.8 Å². The molecule has 3 rings (SSSR count). The predicted octanol–water partition coefficient (Wildman–Crippen LogP) is 1.71. The molecule has 2 aromatic rings. The van der Waals surface area contributed by atoms with Gasteiger partial charge in [-0.3, -0.25) is 14.7 Å². The molecule has 0 spiro atoms. The topological polar surface area (TPSA) is 52.2 Å². The van der Waals surface area contributed by atoms with Crippen molar-refractivity contribution in [2.45, 2.75) is 19.4 Å². The van der Waals surface area contributed by atoms with Crippen molar-refractivity contribution >= 4 is 5.95 Å². The number of hydrogen-bond acceptors (Lipinski definition) is 4. The third kappa shape index (κ3) is 3.46. The second kappa shape index (κ2) is 6.68. The Kier molecular flexibility index (Phi) is 4.62. The maximum Gasteiger partial charge on any atom is 0.255 e. The molecule has 1 aliphatic rings. The minimum absolute atomic E-state index is 0.112. The van der Waals surface area contributed by atoms with Gasteiger partial charge in [-0.1, -0.05) is 6.07 Å². The Morgan fingerprint density at radius 3 is 2.71 bits per heavy atom. The number of aromatic amines is 1. The van der Waals surface area contributed by atoms with Crippen molar-refractivity contribution < 1.29 is 8.78 Å². The number of halogens is 2. The predicted molar refractivity (Wildman–Crippen MR) is 88.2 cm³/mol. The Morgan fingerprint density at radius 2 is 2.00 bits per heavy atom. The normalized spacial score (nSPS) is 15.0. The van der Waals surface area contributed by atoms with Crippen molar-refractivity contribution in [2.75, 3.05) is 32.1 Å². The Labute approximate surface area is 138 Å². The van der Waals surface area contributed by atoms with Crippen LogP contribution in [0.5, 0.6) is 0 Å². The Morgan fingerprint density at radius 1 is 1.25 bits per heavy atom. The number of aromatic nitrogens is 2. The van der Waals surface area contributed by atoms with E-state index in [1.807, 2.05) is 14.1 Å². The van der Waals surface area contributed by atoms with Crippen LogP contribution in [0.2, 0.25) is 0 Å². The highest BCUT2D eigenvalue weighted by atomic mass is 19.1. The van der Waals surface area contributed by atoms with Crippen molar-refractivity contribution in [2.24, 2.45) is 0 Å². The fourth-order valence-corrected chi connectivity index (χ4v) is 2.90. The minimum Gasteiger partial charge on any atom is -0.348 e. The summed E-state index contributed by atoms with van der Waals surface area (Å²) in [6, 6.07) is 3.63. The maximum absolute atomic E-state index is 13.8. The van der Waals surface area contributed by atoms with Gasteiger partial charge in [0.2, 0.25) is 5.95 Å². The smallest absolute Gasteiger partial charge is 0.255 e. The zero-order valence-electron chi connectivity index (χ0n) is 13.8. The first kappa shape index (κ1) is 16.6. The SMILES string of the molecule is CN(C)c1nc2c(c(=O)[nH]1)CCN(Cc1ccc(F)cc1F)CC2. The molecule has 0 amide bonds. The van der Waals surface area contributed by atoms with Gasteiger partial charge < -0.3 is 4.90 Å². The lowest BCUT2D eigenvalue weighted by Crippen LogP contribution is -2.27. The van der Waals surface area contributed by atoms with Gasteiger partial charge in [-0.2, -0.15) is 0 Å². The van der Waals surface area contributed by atoms with E-state index in [1.165, 1.54) is 12.1 Å². The largest absolute Gasteiger partial charge is 0.348 e. The molecule has 0 fully saturated rings. The first-order chi connectivity index (χ1) is 11.4. The minimum atomic E-state index is -0.577. The zero-order chi connectivity index (χ0) is 17.3. The average Bonchev–Trinajstić information content (AvgIpc) is 2.73. The standard InChI is InChI=1S/C17H20F2N4O/c1-22(2)17-20-15-6-8-23(7-5-13(15)16(24)21-17)10-11-3-4-12(18)9-14(11)19/h3-4,9H,5-8,10H2,1-2H3,(H,20,21,24). The third-order valence-corrected chi connectivity index (χ3v) is 4.26. The first-order valence-electron chi connectivity index (χ1n) is 7.89. The molecule has 5 nitrogen and oxygen atoms in total. The first-order valence-corrected chi connectivity index (χ1v) is 7.89. The Hall–Kier alpha value is -2.28. The van der Waals surface area contributed by atoms with Crippen molar-refractivity contribution in [3.63, 3.8) is 0 Å². The van der Waals surface area contributed by atoms with Gasteiger partial charge in [0.25, 0.3) is 5.56 Å². The zero-order valence-corrected chi connectivity index (χ0v) is 13.8. The molecule has 0 bridgehead atoms. The number of hydrogen-bond donors (Lipinski definition) is 1. The summed E-state index contributed by atoms with van der Waals surface area (Å²) in [5.74, 6) is -0.578. The van der Waals surface area contributed by atoms with Gasteiger partial charge in [0.05, 0.1) is 5.69 Å². The molecule has 0 unspecified atom stereocenters. The van der Waals surface area contributed by atoms with Crippen LogP contribution >= 0.6 is 0 Å². The summed E-state index contributed by atoms with van der Waals surface area (Å²) >= 11 is 0. The lowest BCUT2D eigenvalue weighted by Gasteiger charge is -2.19. The molecule has 128 valence electrons. The highest BCUT2D eigenvalue weighted by Crippen LogP contribution is 2.17. The molecule has 24 heavy (non-hydrogen) atoms. The molecule has 0 aliphatic carbocycles. The number of anilines is 1. The second-order valence-electron chi connectivity index (χ2n) is 6.22. The summed E-state index contributed by atoms with van der Waals surface area (Å²) in [5, 5.41) is 0. The van der Waals surface area contributed by atoms with Crippen LogP contribution in [-0.2, 0) is 19.4 Å². The maximum atomic E-state index is 13.8. The van der Waals surface area contributed by atoms with E-state index >= 15 is 0 Å². The monoisotopic (exact) mass is 334 g/mol. The van der Waals surface area contributed by atoms with Crippen LogP contribution < -0.4 is 10.5 Å². The number of nitrogens with one attached hydrogen (secondary N) is 1. The molecule has 1 aliphatic heterocycles. The fourth-order valence-electron chi connectivity index (χ4n) is 2.90. The van der Waals surface area contributed by atoms with Crippen molar-refractivity contribution in [3.05, 3.63) is 57.0 Å². The van der Waals surface area contributed by atoms with Gasteiger partial charge in [-0.25, -0.2) is 13.8 Å². The molecule has 1 aromatic heterocycles. The summed E-state index contributed by atoms with van der Waals surface area (Å²) in [6.07, 6.45) is 1.19. The van der Waals surface area contributed by atoms with Gasteiger partial charge in [-0.15, -0.1) is 0 Å². The molecule has 0 saturated carbocycles. The molecular formula is C17H20F2N4O. The Balaban J connectivity index is 1.78. The van der Waals surface area contributed by atoms with Crippen LogP contribution in [0.15, 0.2) is 23.0 Å². The number of rotatable bonds is 3. The highest BCUT2D eigenvalue weighted by Gasteiger charge is 2.20. The van der Waals surface area contributed by atoms with Crippen molar-refractivity contribution in [1.29, 1.82) is 0 Å². The Bertz CT molecular complexity index is 804.